The minimum atomic E-state index is -0.409. The summed E-state index contributed by atoms with van der Waals surface area (Å²) in [6, 6.07) is 7.80. The molecule has 0 saturated carbocycles. The molecular formula is C9H4BrClOS. The molecule has 0 N–H and O–H groups in total. The van der Waals surface area contributed by atoms with Crippen molar-refractivity contribution in [3.8, 4) is 0 Å². The molecule has 66 valence electrons. The molecular weight excluding hydrogens is 272 g/mol. The molecule has 0 bridgehead atoms. The average Bonchev–Trinajstić information content (AvgIpc) is 2.45. The van der Waals surface area contributed by atoms with Crippen LogP contribution in [0.25, 0.3) is 10.1 Å². The van der Waals surface area contributed by atoms with Crippen molar-refractivity contribution in [3.63, 3.8) is 0 Å². The standard InChI is InChI=1S/C9H4BrClOS/c10-7-5-3-1-2-4-6(5)13-8(7)9(11)12/h1-4H. The fourth-order valence-electron chi connectivity index (χ4n) is 1.14. The summed E-state index contributed by atoms with van der Waals surface area (Å²) in [6.07, 6.45) is 0. The molecule has 0 saturated heterocycles. The minimum absolute atomic E-state index is 0.409. The molecule has 0 aliphatic rings. The molecule has 1 nitrogen and oxygen atoms in total. The van der Waals surface area contributed by atoms with E-state index in [2.05, 4.69) is 15.9 Å². The van der Waals surface area contributed by atoms with Crippen LogP contribution in [0.3, 0.4) is 0 Å². The fourth-order valence-corrected chi connectivity index (χ4v) is 3.29. The van der Waals surface area contributed by atoms with Gasteiger partial charge in [0.25, 0.3) is 5.24 Å². The van der Waals surface area contributed by atoms with Gasteiger partial charge in [0.1, 0.15) is 4.88 Å². The van der Waals surface area contributed by atoms with E-state index in [1.165, 1.54) is 11.3 Å². The number of hydrogen-bond acceptors (Lipinski definition) is 2. The Balaban J connectivity index is 2.81. The van der Waals surface area contributed by atoms with Gasteiger partial charge in [0.15, 0.2) is 0 Å². The Bertz CT molecular complexity index is 477. The maximum absolute atomic E-state index is 11.0. The molecule has 0 unspecified atom stereocenters. The number of rotatable bonds is 1. The summed E-state index contributed by atoms with van der Waals surface area (Å²) in [5.41, 5.74) is 0. The van der Waals surface area contributed by atoms with E-state index < -0.39 is 5.24 Å². The van der Waals surface area contributed by atoms with Crippen molar-refractivity contribution in [1.82, 2.24) is 0 Å². The van der Waals surface area contributed by atoms with Gasteiger partial charge in [-0.2, -0.15) is 0 Å². The lowest BCUT2D eigenvalue weighted by atomic mass is 10.2. The highest BCUT2D eigenvalue weighted by Crippen LogP contribution is 2.36. The lowest BCUT2D eigenvalue weighted by Crippen LogP contribution is -1.81. The summed E-state index contributed by atoms with van der Waals surface area (Å²) in [7, 11) is 0. The summed E-state index contributed by atoms with van der Waals surface area (Å²) in [4.78, 5) is 11.6. The molecule has 2 aromatic rings. The van der Waals surface area contributed by atoms with E-state index in [0.717, 1.165) is 14.6 Å². The number of carbonyl (C=O) groups excluding carboxylic acids is 1. The molecule has 1 heterocycles. The van der Waals surface area contributed by atoms with Crippen molar-refractivity contribution < 1.29 is 4.79 Å². The van der Waals surface area contributed by atoms with Crippen LogP contribution in [-0.2, 0) is 0 Å². The zero-order valence-corrected chi connectivity index (χ0v) is 9.54. The Kier molecular flexibility index (Phi) is 2.41. The van der Waals surface area contributed by atoms with Crippen molar-refractivity contribution in [3.05, 3.63) is 33.6 Å². The number of halogens is 2. The minimum Gasteiger partial charge on any atom is -0.275 e. The van der Waals surface area contributed by atoms with Crippen LogP contribution in [0.4, 0.5) is 0 Å². The second kappa shape index (κ2) is 3.40. The summed E-state index contributed by atoms with van der Waals surface area (Å²) < 4.78 is 1.87. The second-order valence-corrected chi connectivity index (χ2v) is 4.70. The number of benzene rings is 1. The van der Waals surface area contributed by atoms with Crippen LogP contribution in [0, 0.1) is 0 Å². The molecule has 0 aliphatic heterocycles. The van der Waals surface area contributed by atoms with E-state index in [0.29, 0.717) is 4.88 Å². The van der Waals surface area contributed by atoms with E-state index in [4.69, 9.17) is 11.6 Å². The fraction of sp³-hybridized carbons (Fsp3) is 0. The van der Waals surface area contributed by atoms with E-state index in [-0.39, 0.29) is 0 Å². The van der Waals surface area contributed by atoms with Crippen molar-refractivity contribution in [2.75, 3.05) is 0 Å². The van der Waals surface area contributed by atoms with Crippen LogP contribution in [0.15, 0.2) is 28.7 Å². The van der Waals surface area contributed by atoms with Crippen LogP contribution >= 0.6 is 38.9 Å². The average molecular weight is 276 g/mol. The Labute approximate surface area is 92.5 Å². The predicted octanol–water partition coefficient (Wildman–Crippen LogP) is 4.04. The maximum Gasteiger partial charge on any atom is 0.263 e. The van der Waals surface area contributed by atoms with Crippen LogP contribution < -0.4 is 0 Å². The van der Waals surface area contributed by atoms with E-state index >= 15 is 0 Å². The molecule has 0 fully saturated rings. The highest BCUT2D eigenvalue weighted by molar-refractivity contribution is 9.10. The van der Waals surface area contributed by atoms with Crippen LogP contribution in [0.2, 0.25) is 0 Å². The Morgan fingerprint density at radius 3 is 2.69 bits per heavy atom. The second-order valence-electron chi connectivity index (χ2n) is 2.52. The molecule has 0 spiro atoms. The third kappa shape index (κ3) is 1.52. The Morgan fingerprint density at radius 2 is 2.08 bits per heavy atom. The third-order valence-corrected chi connectivity index (χ3v) is 4.27. The van der Waals surface area contributed by atoms with Gasteiger partial charge in [0.05, 0.1) is 0 Å². The van der Waals surface area contributed by atoms with Gasteiger partial charge in [-0.25, -0.2) is 0 Å². The molecule has 0 aliphatic carbocycles. The van der Waals surface area contributed by atoms with Crippen LogP contribution in [-0.4, -0.2) is 5.24 Å². The first-order valence-corrected chi connectivity index (χ1v) is 5.56. The first kappa shape index (κ1) is 9.19. The predicted molar refractivity (Wildman–Crippen MR) is 59.7 cm³/mol. The van der Waals surface area contributed by atoms with Gasteiger partial charge < -0.3 is 0 Å². The first-order valence-electron chi connectivity index (χ1n) is 3.57. The molecule has 1 aromatic carbocycles. The van der Waals surface area contributed by atoms with E-state index in [9.17, 15) is 4.79 Å². The highest BCUT2D eigenvalue weighted by atomic mass is 79.9. The topological polar surface area (TPSA) is 17.1 Å². The SMILES string of the molecule is O=C(Cl)c1sc2ccccc2c1Br. The first-order chi connectivity index (χ1) is 6.20. The van der Waals surface area contributed by atoms with Crippen LogP contribution in [0.5, 0.6) is 0 Å². The number of fused-ring (bicyclic) bond motifs is 1. The van der Waals surface area contributed by atoms with Gasteiger partial charge >= 0.3 is 0 Å². The van der Waals surface area contributed by atoms with Crippen molar-refractivity contribution in [2.24, 2.45) is 0 Å². The van der Waals surface area contributed by atoms with Gasteiger partial charge in [0.2, 0.25) is 0 Å². The maximum atomic E-state index is 11.0. The number of hydrogen-bond donors (Lipinski definition) is 0. The zero-order valence-electron chi connectivity index (χ0n) is 6.38. The van der Waals surface area contributed by atoms with Crippen molar-refractivity contribution in [2.45, 2.75) is 0 Å². The molecule has 2 rings (SSSR count). The summed E-state index contributed by atoms with van der Waals surface area (Å²) >= 11 is 10.2. The molecule has 0 atom stereocenters. The van der Waals surface area contributed by atoms with Gasteiger partial charge in [-0.05, 0) is 33.6 Å². The normalized spacial score (nSPS) is 10.6. The lowest BCUT2D eigenvalue weighted by Gasteiger charge is -1.87. The lowest BCUT2D eigenvalue weighted by molar-refractivity contribution is 0.108. The number of thiophene rings is 1. The number of carbonyl (C=O) groups is 1. The highest BCUT2D eigenvalue weighted by Gasteiger charge is 2.13. The third-order valence-electron chi connectivity index (χ3n) is 1.71. The van der Waals surface area contributed by atoms with Gasteiger partial charge in [-0.3, -0.25) is 4.79 Å². The Hall–Kier alpha value is -0.380. The molecule has 4 heteroatoms. The molecule has 13 heavy (non-hydrogen) atoms. The molecule has 1 aromatic heterocycles. The van der Waals surface area contributed by atoms with Crippen molar-refractivity contribution >= 4 is 54.2 Å². The van der Waals surface area contributed by atoms with E-state index in [1.807, 2.05) is 24.3 Å². The van der Waals surface area contributed by atoms with E-state index in [1.54, 1.807) is 0 Å². The van der Waals surface area contributed by atoms with Gasteiger partial charge in [-0.15, -0.1) is 11.3 Å². The smallest absolute Gasteiger partial charge is 0.263 e. The zero-order chi connectivity index (χ0) is 9.42. The van der Waals surface area contributed by atoms with Crippen molar-refractivity contribution in [1.29, 1.82) is 0 Å². The van der Waals surface area contributed by atoms with Gasteiger partial charge in [-0.1, -0.05) is 18.2 Å². The monoisotopic (exact) mass is 274 g/mol. The van der Waals surface area contributed by atoms with Crippen LogP contribution in [0.1, 0.15) is 9.67 Å². The Morgan fingerprint density at radius 1 is 1.38 bits per heavy atom. The molecule has 0 radical (unpaired) electrons. The summed E-state index contributed by atoms with van der Waals surface area (Å²) in [6.45, 7) is 0. The summed E-state index contributed by atoms with van der Waals surface area (Å²) in [5.74, 6) is 0. The summed E-state index contributed by atoms with van der Waals surface area (Å²) in [5, 5.41) is 0.629. The van der Waals surface area contributed by atoms with Gasteiger partial charge in [0, 0.05) is 14.6 Å². The quantitative estimate of drug-likeness (QED) is 0.718. The largest absolute Gasteiger partial charge is 0.275 e. The molecule has 0 amide bonds.